The molecule has 1 aromatic rings. The lowest BCUT2D eigenvalue weighted by Crippen LogP contribution is -2.33. The van der Waals surface area contributed by atoms with Crippen LogP contribution in [0.4, 0.5) is 0 Å². The van der Waals surface area contributed by atoms with Gasteiger partial charge in [-0.15, -0.1) is 0 Å². The maximum absolute atomic E-state index is 6.15. The van der Waals surface area contributed by atoms with E-state index in [0.717, 1.165) is 5.56 Å². The number of hydrogen-bond acceptors (Lipinski definition) is 3. The number of hydrogen-bond donors (Lipinski definition) is 1. The van der Waals surface area contributed by atoms with Gasteiger partial charge in [0.05, 0.1) is 12.7 Å². The van der Waals surface area contributed by atoms with Crippen LogP contribution in [0.25, 0.3) is 0 Å². The van der Waals surface area contributed by atoms with Crippen LogP contribution in [0.1, 0.15) is 18.5 Å². The Hall–Kier alpha value is -0.320. The van der Waals surface area contributed by atoms with E-state index in [1.165, 1.54) is 0 Å². The molecule has 2 unspecified atom stereocenters. The van der Waals surface area contributed by atoms with Gasteiger partial charge in [-0.2, -0.15) is 0 Å². The molecule has 3 nitrogen and oxygen atoms in total. The predicted octanol–water partition coefficient (Wildman–Crippen LogP) is 3.31. The van der Waals surface area contributed by atoms with Crippen LogP contribution in [0.5, 0.6) is 0 Å². The van der Waals surface area contributed by atoms with Crippen molar-refractivity contribution in [1.29, 1.82) is 0 Å². The minimum absolute atomic E-state index is 0.0310. The van der Waals surface area contributed by atoms with Gasteiger partial charge in [-0.05, 0) is 24.6 Å². The first kappa shape index (κ1) is 15.7. The molecule has 0 bridgehead atoms. The highest BCUT2D eigenvalue weighted by Crippen LogP contribution is 2.25. The molecule has 0 aliphatic rings. The summed E-state index contributed by atoms with van der Waals surface area (Å²) in [5.41, 5.74) is 1.02. The van der Waals surface area contributed by atoms with Crippen molar-refractivity contribution in [3.63, 3.8) is 0 Å². The third kappa shape index (κ3) is 4.75. The Labute approximate surface area is 118 Å². The van der Waals surface area contributed by atoms with E-state index in [9.17, 15) is 0 Å². The molecular formula is C13H19Cl2NO2. The summed E-state index contributed by atoms with van der Waals surface area (Å²) < 4.78 is 10.3. The van der Waals surface area contributed by atoms with Crippen molar-refractivity contribution >= 4 is 23.2 Å². The van der Waals surface area contributed by atoms with Crippen LogP contribution in [0.15, 0.2) is 18.2 Å². The minimum Gasteiger partial charge on any atom is -0.382 e. The zero-order valence-corrected chi connectivity index (χ0v) is 12.4. The summed E-state index contributed by atoms with van der Waals surface area (Å²) in [6.07, 6.45) is 0.0310. The first-order chi connectivity index (χ1) is 8.58. The number of benzene rings is 1. The zero-order valence-electron chi connectivity index (χ0n) is 10.9. The highest BCUT2D eigenvalue weighted by Gasteiger charge is 2.12. The van der Waals surface area contributed by atoms with Gasteiger partial charge in [-0.25, -0.2) is 0 Å². The summed E-state index contributed by atoms with van der Waals surface area (Å²) in [5.74, 6) is 0. The third-order valence-corrected chi connectivity index (χ3v) is 3.33. The molecule has 2 atom stereocenters. The summed E-state index contributed by atoms with van der Waals surface area (Å²) in [4.78, 5) is 0. The van der Waals surface area contributed by atoms with Crippen molar-refractivity contribution in [2.75, 3.05) is 27.4 Å². The van der Waals surface area contributed by atoms with Crippen molar-refractivity contribution in [3.05, 3.63) is 33.8 Å². The maximum atomic E-state index is 6.15. The molecule has 0 fully saturated rings. The summed E-state index contributed by atoms with van der Waals surface area (Å²) >= 11 is 12.0. The van der Waals surface area contributed by atoms with Crippen molar-refractivity contribution in [2.24, 2.45) is 0 Å². The molecule has 0 saturated heterocycles. The van der Waals surface area contributed by atoms with E-state index in [1.54, 1.807) is 20.3 Å². The van der Waals surface area contributed by atoms with Crippen LogP contribution < -0.4 is 5.32 Å². The Morgan fingerprint density at radius 2 is 2.00 bits per heavy atom. The Balaban J connectivity index is 2.56. The van der Waals surface area contributed by atoms with Crippen LogP contribution in [-0.4, -0.2) is 33.5 Å². The molecule has 0 aromatic heterocycles. The summed E-state index contributed by atoms with van der Waals surface area (Å²) in [6.45, 7) is 3.31. The average Bonchev–Trinajstić information content (AvgIpc) is 2.34. The van der Waals surface area contributed by atoms with E-state index < -0.39 is 0 Å². The van der Waals surface area contributed by atoms with Crippen LogP contribution in [-0.2, 0) is 9.47 Å². The standard InChI is InChI=1S/C13H19Cl2NO2/c1-9(16-7-11(18-3)8-17-2)12-5-4-10(14)6-13(12)15/h4-6,9,11,16H,7-8H2,1-3H3. The van der Waals surface area contributed by atoms with Crippen LogP contribution >= 0.6 is 23.2 Å². The largest absolute Gasteiger partial charge is 0.382 e. The predicted molar refractivity (Wildman–Crippen MR) is 75.6 cm³/mol. The van der Waals surface area contributed by atoms with Gasteiger partial charge in [-0.1, -0.05) is 29.3 Å². The number of methoxy groups -OCH3 is 2. The lowest BCUT2D eigenvalue weighted by Gasteiger charge is -2.20. The van der Waals surface area contributed by atoms with Crippen molar-refractivity contribution < 1.29 is 9.47 Å². The van der Waals surface area contributed by atoms with E-state index in [1.807, 2.05) is 12.1 Å². The van der Waals surface area contributed by atoms with E-state index in [4.69, 9.17) is 32.7 Å². The summed E-state index contributed by atoms with van der Waals surface area (Å²) in [5, 5.41) is 4.68. The van der Waals surface area contributed by atoms with Gasteiger partial charge in [0.1, 0.15) is 0 Å². The maximum Gasteiger partial charge on any atom is 0.0928 e. The smallest absolute Gasteiger partial charge is 0.0928 e. The van der Waals surface area contributed by atoms with E-state index in [2.05, 4.69) is 12.2 Å². The quantitative estimate of drug-likeness (QED) is 0.836. The van der Waals surface area contributed by atoms with Gasteiger partial charge in [0, 0.05) is 36.9 Å². The van der Waals surface area contributed by atoms with E-state index >= 15 is 0 Å². The fourth-order valence-corrected chi connectivity index (χ4v) is 2.24. The Morgan fingerprint density at radius 3 is 2.56 bits per heavy atom. The molecule has 0 heterocycles. The SMILES string of the molecule is COCC(CNC(C)c1ccc(Cl)cc1Cl)OC. The second-order valence-electron chi connectivity index (χ2n) is 4.11. The third-order valence-electron chi connectivity index (χ3n) is 2.77. The lowest BCUT2D eigenvalue weighted by atomic mass is 10.1. The van der Waals surface area contributed by atoms with Crippen molar-refractivity contribution in [3.8, 4) is 0 Å². The Bertz CT molecular complexity index is 374. The molecule has 0 aliphatic heterocycles. The van der Waals surface area contributed by atoms with Gasteiger partial charge >= 0.3 is 0 Å². The zero-order chi connectivity index (χ0) is 13.5. The average molecular weight is 292 g/mol. The summed E-state index contributed by atoms with van der Waals surface area (Å²) in [7, 11) is 3.33. The monoisotopic (exact) mass is 291 g/mol. The molecule has 0 radical (unpaired) electrons. The lowest BCUT2D eigenvalue weighted by molar-refractivity contribution is 0.0276. The van der Waals surface area contributed by atoms with Crippen molar-refractivity contribution in [2.45, 2.75) is 19.1 Å². The fraction of sp³-hybridized carbons (Fsp3) is 0.538. The van der Waals surface area contributed by atoms with E-state index in [-0.39, 0.29) is 12.1 Å². The molecule has 0 spiro atoms. The Morgan fingerprint density at radius 1 is 1.28 bits per heavy atom. The molecular weight excluding hydrogens is 273 g/mol. The van der Waals surface area contributed by atoms with Gasteiger partial charge in [0.2, 0.25) is 0 Å². The summed E-state index contributed by atoms with van der Waals surface area (Å²) in [6, 6.07) is 5.65. The second kappa shape index (κ2) is 7.97. The molecule has 1 rings (SSSR count). The molecule has 1 N–H and O–H groups in total. The number of nitrogens with one attached hydrogen (secondary N) is 1. The first-order valence-electron chi connectivity index (χ1n) is 5.78. The number of ether oxygens (including phenoxy) is 2. The van der Waals surface area contributed by atoms with Crippen molar-refractivity contribution in [1.82, 2.24) is 5.32 Å². The fourth-order valence-electron chi connectivity index (χ4n) is 1.67. The van der Waals surface area contributed by atoms with Gasteiger partial charge in [0.15, 0.2) is 0 Å². The highest BCUT2D eigenvalue weighted by molar-refractivity contribution is 6.35. The molecule has 18 heavy (non-hydrogen) atoms. The number of rotatable bonds is 7. The van der Waals surface area contributed by atoms with Gasteiger partial charge in [0.25, 0.3) is 0 Å². The van der Waals surface area contributed by atoms with E-state index in [0.29, 0.717) is 23.2 Å². The van der Waals surface area contributed by atoms with Crippen LogP contribution in [0.2, 0.25) is 10.0 Å². The normalized spacial score (nSPS) is 14.5. The first-order valence-corrected chi connectivity index (χ1v) is 6.54. The molecule has 5 heteroatoms. The topological polar surface area (TPSA) is 30.5 Å². The Kier molecular flexibility index (Phi) is 6.97. The molecule has 0 aliphatic carbocycles. The molecule has 102 valence electrons. The molecule has 1 aromatic carbocycles. The van der Waals surface area contributed by atoms with Crippen LogP contribution in [0.3, 0.4) is 0 Å². The van der Waals surface area contributed by atoms with Crippen LogP contribution in [0, 0.1) is 0 Å². The number of halogens is 2. The molecule has 0 saturated carbocycles. The minimum atomic E-state index is 0.0310. The van der Waals surface area contributed by atoms with Gasteiger partial charge < -0.3 is 14.8 Å². The second-order valence-corrected chi connectivity index (χ2v) is 4.95. The van der Waals surface area contributed by atoms with Gasteiger partial charge in [-0.3, -0.25) is 0 Å². The highest BCUT2D eigenvalue weighted by atomic mass is 35.5. The molecule has 0 amide bonds.